The maximum Gasteiger partial charge on any atom is 0.289 e. The first-order valence-electron chi connectivity index (χ1n) is 9.64. The van der Waals surface area contributed by atoms with E-state index in [0.29, 0.717) is 49.8 Å². The second-order valence-corrected chi connectivity index (χ2v) is 7.23. The molecule has 1 saturated heterocycles. The molecule has 1 aromatic heterocycles. The van der Waals surface area contributed by atoms with Crippen LogP contribution in [0, 0.1) is 11.8 Å². The van der Waals surface area contributed by atoms with Gasteiger partial charge in [-0.1, -0.05) is 12.1 Å². The van der Waals surface area contributed by atoms with Crippen LogP contribution in [0.3, 0.4) is 0 Å². The quantitative estimate of drug-likeness (QED) is 0.831. The molecule has 152 valence electrons. The topological polar surface area (TPSA) is 92.1 Å². The van der Waals surface area contributed by atoms with Crippen LogP contribution < -0.4 is 10.1 Å². The van der Waals surface area contributed by atoms with Crippen molar-refractivity contribution in [3.63, 3.8) is 0 Å². The molecule has 0 spiro atoms. The molecule has 29 heavy (non-hydrogen) atoms. The van der Waals surface area contributed by atoms with Crippen molar-refractivity contribution in [2.45, 2.75) is 6.42 Å². The number of ether oxygens (including phenoxy) is 1. The monoisotopic (exact) mass is 397 g/mol. The summed E-state index contributed by atoms with van der Waals surface area (Å²) in [5, 5.41) is 2.85. The lowest BCUT2D eigenvalue weighted by atomic mass is 10.2. The molecule has 0 radical (unpaired) electrons. The number of para-hydroxylation sites is 2. The minimum absolute atomic E-state index is 0.0183. The molecule has 0 bridgehead atoms. The number of carbonyl (C=O) groups is 3. The van der Waals surface area contributed by atoms with Gasteiger partial charge in [-0.2, -0.15) is 0 Å². The van der Waals surface area contributed by atoms with Crippen molar-refractivity contribution in [2.24, 2.45) is 11.8 Å². The second-order valence-electron chi connectivity index (χ2n) is 7.23. The molecule has 8 nitrogen and oxygen atoms in total. The Bertz CT molecular complexity index is 903. The summed E-state index contributed by atoms with van der Waals surface area (Å²) >= 11 is 0. The lowest BCUT2D eigenvalue weighted by Crippen LogP contribution is -2.51. The van der Waals surface area contributed by atoms with Gasteiger partial charge in [0.15, 0.2) is 5.76 Å². The minimum Gasteiger partial charge on any atom is -0.495 e. The van der Waals surface area contributed by atoms with Crippen molar-refractivity contribution in [1.82, 2.24) is 9.80 Å². The summed E-state index contributed by atoms with van der Waals surface area (Å²) in [5.74, 6) is -0.0775. The predicted octanol–water partition coefficient (Wildman–Crippen LogP) is 1.85. The summed E-state index contributed by atoms with van der Waals surface area (Å²) in [7, 11) is 1.55. The van der Waals surface area contributed by atoms with Crippen LogP contribution in [0.5, 0.6) is 5.75 Å². The number of furan rings is 1. The van der Waals surface area contributed by atoms with Gasteiger partial charge in [0, 0.05) is 26.2 Å². The predicted molar refractivity (Wildman–Crippen MR) is 104 cm³/mol. The number of hydrogen-bond donors (Lipinski definition) is 1. The average Bonchev–Trinajstić information content (AvgIpc) is 3.38. The van der Waals surface area contributed by atoms with Gasteiger partial charge in [0.1, 0.15) is 5.75 Å². The van der Waals surface area contributed by atoms with Gasteiger partial charge in [0.25, 0.3) is 5.91 Å². The van der Waals surface area contributed by atoms with Gasteiger partial charge in [-0.05, 0) is 30.7 Å². The number of hydrogen-bond acceptors (Lipinski definition) is 5. The van der Waals surface area contributed by atoms with E-state index < -0.39 is 0 Å². The van der Waals surface area contributed by atoms with Gasteiger partial charge in [-0.15, -0.1) is 0 Å². The molecule has 2 unspecified atom stereocenters. The molecule has 1 aromatic carbocycles. The van der Waals surface area contributed by atoms with E-state index in [1.807, 2.05) is 12.1 Å². The molecule has 8 heteroatoms. The van der Waals surface area contributed by atoms with E-state index in [1.165, 1.54) is 6.26 Å². The fourth-order valence-corrected chi connectivity index (χ4v) is 3.65. The highest BCUT2D eigenvalue weighted by molar-refractivity contribution is 6.00. The number of nitrogens with zero attached hydrogens (tertiary/aromatic N) is 2. The summed E-state index contributed by atoms with van der Waals surface area (Å²) in [6.07, 6.45) is 2.02. The van der Waals surface area contributed by atoms with Crippen LogP contribution in [0.15, 0.2) is 47.1 Å². The highest BCUT2D eigenvalue weighted by atomic mass is 16.5. The van der Waals surface area contributed by atoms with Crippen molar-refractivity contribution in [2.75, 3.05) is 38.6 Å². The number of anilines is 1. The highest BCUT2D eigenvalue weighted by Gasteiger charge is 2.50. The van der Waals surface area contributed by atoms with Crippen LogP contribution in [0.2, 0.25) is 0 Å². The van der Waals surface area contributed by atoms with Gasteiger partial charge in [0.2, 0.25) is 11.8 Å². The normalized spacial score (nSPS) is 20.9. The van der Waals surface area contributed by atoms with Crippen molar-refractivity contribution in [3.8, 4) is 5.75 Å². The van der Waals surface area contributed by atoms with Gasteiger partial charge in [-0.25, -0.2) is 0 Å². The van der Waals surface area contributed by atoms with E-state index in [1.54, 1.807) is 41.2 Å². The Morgan fingerprint density at radius 1 is 1.00 bits per heavy atom. The van der Waals surface area contributed by atoms with E-state index in [-0.39, 0.29) is 29.6 Å². The zero-order chi connectivity index (χ0) is 20.4. The minimum atomic E-state index is -0.324. The molecule has 4 rings (SSSR count). The van der Waals surface area contributed by atoms with Crippen molar-refractivity contribution in [3.05, 3.63) is 48.4 Å². The van der Waals surface area contributed by atoms with Crippen LogP contribution in [0.25, 0.3) is 0 Å². The molecule has 2 fully saturated rings. The number of amides is 3. The average molecular weight is 397 g/mol. The Morgan fingerprint density at radius 2 is 1.72 bits per heavy atom. The van der Waals surface area contributed by atoms with Gasteiger partial charge < -0.3 is 24.3 Å². The number of benzene rings is 1. The van der Waals surface area contributed by atoms with Crippen LogP contribution in [0.1, 0.15) is 17.0 Å². The molecule has 3 amide bonds. The summed E-state index contributed by atoms with van der Waals surface area (Å²) < 4.78 is 10.4. The molecular formula is C21H23N3O5. The van der Waals surface area contributed by atoms with E-state index >= 15 is 0 Å². The standard InChI is InChI=1S/C21H23N3O5/c1-28-17-6-3-2-5-16(17)22-19(25)14-13-15(14)20(26)23-8-10-24(11-9-23)21(27)18-7-4-12-29-18/h2-7,12,14-15H,8-11,13H2,1H3,(H,22,25). The number of piperazine rings is 1. The van der Waals surface area contributed by atoms with Crippen molar-refractivity contribution in [1.29, 1.82) is 0 Å². The third-order valence-corrected chi connectivity index (χ3v) is 5.42. The smallest absolute Gasteiger partial charge is 0.289 e. The Balaban J connectivity index is 1.28. The zero-order valence-corrected chi connectivity index (χ0v) is 16.2. The number of methoxy groups -OCH3 is 1. The fourth-order valence-electron chi connectivity index (χ4n) is 3.65. The van der Waals surface area contributed by atoms with E-state index in [4.69, 9.17) is 9.15 Å². The first-order chi connectivity index (χ1) is 14.1. The lowest BCUT2D eigenvalue weighted by molar-refractivity contribution is -0.135. The number of rotatable bonds is 5. The Kier molecular flexibility index (Phi) is 5.24. The fraction of sp³-hybridized carbons (Fsp3) is 0.381. The van der Waals surface area contributed by atoms with Crippen LogP contribution >= 0.6 is 0 Å². The third kappa shape index (κ3) is 3.96. The SMILES string of the molecule is COc1ccccc1NC(=O)C1CC1C(=O)N1CCN(C(=O)c2ccco2)CC1. The Hall–Kier alpha value is -3.29. The van der Waals surface area contributed by atoms with E-state index in [0.717, 1.165) is 0 Å². The van der Waals surface area contributed by atoms with Gasteiger partial charge in [0.05, 0.1) is 30.9 Å². The first-order valence-corrected chi connectivity index (χ1v) is 9.64. The van der Waals surface area contributed by atoms with Crippen LogP contribution in [0.4, 0.5) is 5.69 Å². The highest BCUT2D eigenvalue weighted by Crippen LogP contribution is 2.41. The maximum absolute atomic E-state index is 12.8. The summed E-state index contributed by atoms with van der Waals surface area (Å²) in [6, 6.07) is 10.5. The molecule has 2 aliphatic rings. The Labute approximate surface area is 168 Å². The number of nitrogens with one attached hydrogen (secondary N) is 1. The van der Waals surface area contributed by atoms with E-state index in [2.05, 4.69) is 5.32 Å². The molecule has 2 aromatic rings. The molecular weight excluding hydrogens is 374 g/mol. The van der Waals surface area contributed by atoms with Crippen LogP contribution in [-0.4, -0.2) is 60.8 Å². The number of carbonyl (C=O) groups excluding carboxylic acids is 3. The van der Waals surface area contributed by atoms with Gasteiger partial charge in [-0.3, -0.25) is 14.4 Å². The van der Waals surface area contributed by atoms with E-state index in [9.17, 15) is 14.4 Å². The zero-order valence-electron chi connectivity index (χ0n) is 16.2. The summed E-state index contributed by atoms with van der Waals surface area (Å²) in [4.78, 5) is 41.0. The summed E-state index contributed by atoms with van der Waals surface area (Å²) in [5.41, 5.74) is 0.600. The molecule has 2 atom stereocenters. The maximum atomic E-state index is 12.8. The van der Waals surface area contributed by atoms with Crippen molar-refractivity contribution >= 4 is 23.4 Å². The third-order valence-electron chi connectivity index (χ3n) is 5.42. The molecule has 1 aliphatic heterocycles. The van der Waals surface area contributed by atoms with Crippen molar-refractivity contribution < 1.29 is 23.5 Å². The first kappa shape index (κ1) is 19.0. The second kappa shape index (κ2) is 7.98. The molecule has 1 saturated carbocycles. The molecule has 1 aliphatic carbocycles. The largest absolute Gasteiger partial charge is 0.495 e. The molecule has 2 heterocycles. The van der Waals surface area contributed by atoms with Crippen LogP contribution in [-0.2, 0) is 9.59 Å². The Morgan fingerprint density at radius 3 is 2.41 bits per heavy atom. The lowest BCUT2D eigenvalue weighted by Gasteiger charge is -2.34. The summed E-state index contributed by atoms with van der Waals surface area (Å²) in [6.45, 7) is 1.83. The van der Waals surface area contributed by atoms with Gasteiger partial charge >= 0.3 is 0 Å². The molecule has 1 N–H and O–H groups in total.